The maximum atomic E-state index is 11.9. The van der Waals surface area contributed by atoms with Gasteiger partial charge in [0, 0.05) is 13.1 Å². The minimum Gasteiger partial charge on any atom is -0.355 e. The van der Waals surface area contributed by atoms with Gasteiger partial charge in [-0.15, -0.1) is 0 Å². The minimum atomic E-state index is -0.0370. The largest absolute Gasteiger partial charge is 0.355 e. The molecule has 1 rings (SSSR count). The number of hydrogen-bond donors (Lipinski definition) is 2. The second-order valence-electron chi connectivity index (χ2n) is 5.82. The molecule has 0 spiro atoms. The first-order valence-electron chi connectivity index (χ1n) is 6.46. The quantitative estimate of drug-likeness (QED) is 0.752. The highest BCUT2D eigenvalue weighted by Crippen LogP contribution is 2.36. The van der Waals surface area contributed by atoms with Crippen molar-refractivity contribution in [3.63, 3.8) is 0 Å². The highest BCUT2D eigenvalue weighted by atomic mass is 16.1. The van der Waals surface area contributed by atoms with Crippen molar-refractivity contribution in [1.29, 1.82) is 0 Å². The Kier molecular flexibility index (Phi) is 4.78. The third-order valence-corrected chi connectivity index (χ3v) is 3.90. The van der Waals surface area contributed by atoms with Crippen LogP contribution in [-0.4, -0.2) is 19.0 Å². The fourth-order valence-electron chi connectivity index (χ4n) is 2.52. The van der Waals surface area contributed by atoms with Crippen LogP contribution in [0.5, 0.6) is 0 Å². The van der Waals surface area contributed by atoms with Crippen LogP contribution in [0, 0.1) is 17.3 Å². The van der Waals surface area contributed by atoms with Gasteiger partial charge in [-0.2, -0.15) is 0 Å². The monoisotopic (exact) mass is 226 g/mol. The Balaban J connectivity index is 2.39. The number of rotatable bonds is 5. The summed E-state index contributed by atoms with van der Waals surface area (Å²) < 4.78 is 0. The summed E-state index contributed by atoms with van der Waals surface area (Å²) in [5, 5.41) is 3.08. The van der Waals surface area contributed by atoms with Crippen LogP contribution in [-0.2, 0) is 4.79 Å². The molecule has 3 heteroatoms. The van der Waals surface area contributed by atoms with Gasteiger partial charge in [0.05, 0.1) is 5.92 Å². The molecule has 0 saturated heterocycles. The first kappa shape index (κ1) is 13.5. The van der Waals surface area contributed by atoms with E-state index < -0.39 is 0 Å². The zero-order valence-electron chi connectivity index (χ0n) is 10.9. The van der Waals surface area contributed by atoms with Crippen LogP contribution in [0.4, 0.5) is 0 Å². The summed E-state index contributed by atoms with van der Waals surface area (Å²) >= 11 is 0. The summed E-state index contributed by atoms with van der Waals surface area (Å²) in [7, 11) is 0. The second kappa shape index (κ2) is 5.67. The first-order chi connectivity index (χ1) is 7.48. The smallest absolute Gasteiger partial charge is 0.224 e. The number of nitrogens with one attached hydrogen (secondary N) is 1. The van der Waals surface area contributed by atoms with Gasteiger partial charge in [-0.3, -0.25) is 4.79 Å². The number of hydrogen-bond acceptors (Lipinski definition) is 2. The Morgan fingerprint density at radius 1 is 1.38 bits per heavy atom. The van der Waals surface area contributed by atoms with E-state index in [4.69, 9.17) is 5.73 Å². The molecule has 0 aromatic heterocycles. The topological polar surface area (TPSA) is 55.1 Å². The Labute approximate surface area is 99.2 Å². The van der Waals surface area contributed by atoms with Crippen LogP contribution in [0.25, 0.3) is 0 Å². The summed E-state index contributed by atoms with van der Waals surface area (Å²) in [5.41, 5.74) is 5.96. The summed E-state index contributed by atoms with van der Waals surface area (Å²) in [6.45, 7) is 7.63. The zero-order valence-corrected chi connectivity index (χ0v) is 10.9. The zero-order chi connectivity index (χ0) is 12.2. The van der Waals surface area contributed by atoms with Crippen molar-refractivity contribution >= 4 is 5.91 Å². The molecular weight excluding hydrogens is 200 g/mol. The Hall–Kier alpha value is -0.570. The minimum absolute atomic E-state index is 0.0370. The Morgan fingerprint density at radius 3 is 2.38 bits per heavy atom. The van der Waals surface area contributed by atoms with Gasteiger partial charge < -0.3 is 11.1 Å². The van der Waals surface area contributed by atoms with E-state index in [-0.39, 0.29) is 11.8 Å². The third kappa shape index (κ3) is 3.48. The molecule has 0 aromatic rings. The van der Waals surface area contributed by atoms with Gasteiger partial charge in [0.2, 0.25) is 5.91 Å². The fourth-order valence-corrected chi connectivity index (χ4v) is 2.52. The molecule has 0 aliphatic heterocycles. The molecule has 94 valence electrons. The van der Waals surface area contributed by atoms with E-state index >= 15 is 0 Å². The van der Waals surface area contributed by atoms with E-state index in [1.165, 1.54) is 25.7 Å². The van der Waals surface area contributed by atoms with Gasteiger partial charge in [0.1, 0.15) is 0 Å². The van der Waals surface area contributed by atoms with E-state index in [1.54, 1.807) is 0 Å². The maximum Gasteiger partial charge on any atom is 0.224 e. The summed E-state index contributed by atoms with van der Waals surface area (Å²) in [5.74, 6) is 0.414. The molecule has 3 N–H and O–H groups in total. The van der Waals surface area contributed by atoms with Crippen molar-refractivity contribution in [3.05, 3.63) is 0 Å². The molecular formula is C13H26N2O. The SMILES string of the molecule is CC(C)C(CN)C(=O)NCC1(C)CCCC1. The molecule has 1 unspecified atom stereocenters. The molecule has 1 amide bonds. The molecule has 0 bridgehead atoms. The molecule has 0 aromatic carbocycles. The average molecular weight is 226 g/mol. The number of nitrogens with two attached hydrogens (primary N) is 1. The van der Waals surface area contributed by atoms with Gasteiger partial charge in [-0.1, -0.05) is 33.6 Å². The molecule has 0 heterocycles. The second-order valence-corrected chi connectivity index (χ2v) is 5.82. The van der Waals surface area contributed by atoms with Gasteiger partial charge >= 0.3 is 0 Å². The first-order valence-corrected chi connectivity index (χ1v) is 6.46. The highest BCUT2D eigenvalue weighted by molar-refractivity contribution is 5.79. The van der Waals surface area contributed by atoms with Crippen LogP contribution in [0.2, 0.25) is 0 Å². The van der Waals surface area contributed by atoms with Crippen LogP contribution < -0.4 is 11.1 Å². The third-order valence-electron chi connectivity index (χ3n) is 3.90. The predicted octanol–water partition coefficient (Wildman–Crippen LogP) is 1.91. The Morgan fingerprint density at radius 2 is 1.94 bits per heavy atom. The lowest BCUT2D eigenvalue weighted by molar-refractivity contribution is -0.126. The Bertz CT molecular complexity index is 232. The van der Waals surface area contributed by atoms with E-state index in [2.05, 4.69) is 12.2 Å². The van der Waals surface area contributed by atoms with Crippen LogP contribution in [0.3, 0.4) is 0 Å². The van der Waals surface area contributed by atoms with Gasteiger partial charge in [0.15, 0.2) is 0 Å². The van der Waals surface area contributed by atoms with E-state index in [9.17, 15) is 4.79 Å². The molecule has 0 radical (unpaired) electrons. The molecule has 1 atom stereocenters. The maximum absolute atomic E-state index is 11.9. The van der Waals surface area contributed by atoms with Gasteiger partial charge in [-0.25, -0.2) is 0 Å². The van der Waals surface area contributed by atoms with Crippen LogP contribution in [0.1, 0.15) is 46.5 Å². The van der Waals surface area contributed by atoms with E-state index in [0.29, 0.717) is 17.9 Å². The molecule has 16 heavy (non-hydrogen) atoms. The van der Waals surface area contributed by atoms with E-state index in [0.717, 1.165) is 6.54 Å². The van der Waals surface area contributed by atoms with Crippen molar-refractivity contribution in [2.75, 3.05) is 13.1 Å². The number of carbonyl (C=O) groups is 1. The molecule has 1 aliphatic carbocycles. The van der Waals surface area contributed by atoms with Crippen LogP contribution >= 0.6 is 0 Å². The summed E-state index contributed by atoms with van der Waals surface area (Å²) in [6, 6.07) is 0. The highest BCUT2D eigenvalue weighted by Gasteiger charge is 2.30. The van der Waals surface area contributed by atoms with Gasteiger partial charge in [-0.05, 0) is 24.2 Å². The lowest BCUT2D eigenvalue weighted by atomic mass is 9.88. The van der Waals surface area contributed by atoms with Crippen LogP contribution in [0.15, 0.2) is 0 Å². The van der Waals surface area contributed by atoms with Crippen molar-refractivity contribution in [2.45, 2.75) is 46.5 Å². The standard InChI is InChI=1S/C13H26N2O/c1-10(2)11(8-14)12(16)15-9-13(3)6-4-5-7-13/h10-11H,4-9,14H2,1-3H3,(H,15,16). The predicted molar refractivity (Wildman–Crippen MR) is 67.0 cm³/mol. The van der Waals surface area contributed by atoms with Crippen molar-refractivity contribution < 1.29 is 4.79 Å². The van der Waals surface area contributed by atoms with Gasteiger partial charge in [0.25, 0.3) is 0 Å². The van der Waals surface area contributed by atoms with E-state index in [1.807, 2.05) is 13.8 Å². The molecule has 1 fully saturated rings. The number of amides is 1. The normalized spacial score (nSPS) is 21.1. The molecule has 1 aliphatic rings. The lowest BCUT2D eigenvalue weighted by Crippen LogP contribution is -2.42. The van der Waals surface area contributed by atoms with Crippen molar-refractivity contribution in [1.82, 2.24) is 5.32 Å². The van der Waals surface area contributed by atoms with Crippen molar-refractivity contribution in [3.8, 4) is 0 Å². The van der Waals surface area contributed by atoms with Crippen molar-refractivity contribution in [2.24, 2.45) is 23.0 Å². The summed E-state index contributed by atoms with van der Waals surface area (Å²) in [6.07, 6.45) is 5.08. The molecule has 1 saturated carbocycles. The number of carbonyl (C=O) groups excluding carboxylic acids is 1. The average Bonchev–Trinajstić information content (AvgIpc) is 2.63. The molecule has 3 nitrogen and oxygen atoms in total. The fraction of sp³-hybridized carbons (Fsp3) is 0.923. The lowest BCUT2D eigenvalue weighted by Gasteiger charge is -2.26. The summed E-state index contributed by atoms with van der Waals surface area (Å²) in [4.78, 5) is 11.9.